The van der Waals surface area contributed by atoms with Gasteiger partial charge in [0.15, 0.2) is 0 Å². The van der Waals surface area contributed by atoms with Gasteiger partial charge in [-0.1, -0.05) is 44.2 Å². The van der Waals surface area contributed by atoms with Crippen LogP contribution in [0.4, 0.5) is 0 Å². The third kappa shape index (κ3) is 7.34. The summed E-state index contributed by atoms with van der Waals surface area (Å²) in [7, 11) is 1.66. The Bertz CT molecular complexity index is 413. The van der Waals surface area contributed by atoms with Gasteiger partial charge < -0.3 is 19.9 Å². The highest BCUT2D eigenvalue weighted by Crippen LogP contribution is 2.17. The summed E-state index contributed by atoms with van der Waals surface area (Å²) in [6.07, 6.45) is 8.73. The topological polar surface area (TPSA) is 50.7 Å². The van der Waals surface area contributed by atoms with Crippen LogP contribution < -0.4 is 10.1 Å². The molecule has 1 fully saturated rings. The molecule has 4 nitrogen and oxygen atoms in total. The molecule has 2 N–H and O–H groups in total. The monoisotopic (exact) mass is 321 g/mol. The smallest absolute Gasteiger partial charge is 0.118 e. The first-order valence-corrected chi connectivity index (χ1v) is 8.90. The molecule has 1 aliphatic carbocycles. The van der Waals surface area contributed by atoms with Crippen molar-refractivity contribution < 1.29 is 14.6 Å². The Kier molecular flexibility index (Phi) is 8.43. The van der Waals surface area contributed by atoms with Gasteiger partial charge in [-0.25, -0.2) is 0 Å². The number of aliphatic hydroxyl groups is 1. The van der Waals surface area contributed by atoms with Crippen LogP contribution in [0.3, 0.4) is 0 Å². The summed E-state index contributed by atoms with van der Waals surface area (Å²) >= 11 is 0. The molecule has 1 aromatic rings. The number of hydrogen-bond acceptors (Lipinski definition) is 4. The maximum Gasteiger partial charge on any atom is 0.118 e. The van der Waals surface area contributed by atoms with Gasteiger partial charge in [0.2, 0.25) is 0 Å². The summed E-state index contributed by atoms with van der Waals surface area (Å²) in [5.74, 6) is 0.845. The molecule has 130 valence electrons. The van der Waals surface area contributed by atoms with E-state index in [9.17, 15) is 5.11 Å². The van der Waals surface area contributed by atoms with Crippen molar-refractivity contribution in [1.29, 1.82) is 0 Å². The molecular formula is C19H31NO3. The predicted molar refractivity (Wildman–Crippen MR) is 92.8 cm³/mol. The Balaban J connectivity index is 1.59. The van der Waals surface area contributed by atoms with Crippen LogP contribution in [0.25, 0.3) is 0 Å². The van der Waals surface area contributed by atoms with Crippen LogP contribution in [-0.2, 0) is 11.3 Å². The second-order valence-electron chi connectivity index (χ2n) is 6.47. The molecule has 0 radical (unpaired) electrons. The van der Waals surface area contributed by atoms with E-state index in [2.05, 4.69) is 5.32 Å². The Morgan fingerprint density at radius 2 is 1.74 bits per heavy atom. The van der Waals surface area contributed by atoms with Gasteiger partial charge in [-0.2, -0.15) is 0 Å². The first kappa shape index (κ1) is 18.2. The van der Waals surface area contributed by atoms with Crippen LogP contribution >= 0.6 is 0 Å². The third-order valence-electron chi connectivity index (χ3n) is 4.49. The molecule has 0 heterocycles. The van der Waals surface area contributed by atoms with Gasteiger partial charge in [0.25, 0.3) is 0 Å². The minimum absolute atomic E-state index is 0.367. The molecule has 0 aromatic heterocycles. The van der Waals surface area contributed by atoms with Crippen molar-refractivity contribution in [3.05, 3.63) is 29.8 Å². The average molecular weight is 321 g/mol. The maximum absolute atomic E-state index is 10.1. The lowest BCUT2D eigenvalue weighted by Crippen LogP contribution is -2.37. The first-order chi connectivity index (χ1) is 11.3. The van der Waals surface area contributed by atoms with Gasteiger partial charge in [-0.15, -0.1) is 0 Å². The number of hydrogen-bond donors (Lipinski definition) is 2. The fourth-order valence-electron chi connectivity index (χ4n) is 3.06. The van der Waals surface area contributed by atoms with Crippen LogP contribution in [0, 0.1) is 0 Å². The number of methoxy groups -OCH3 is 1. The number of ether oxygens (including phenoxy) is 2. The van der Waals surface area contributed by atoms with Crippen LogP contribution in [-0.4, -0.2) is 37.5 Å². The van der Waals surface area contributed by atoms with Gasteiger partial charge in [0, 0.05) is 12.6 Å². The van der Waals surface area contributed by atoms with Gasteiger partial charge in [0.1, 0.15) is 5.75 Å². The zero-order valence-electron chi connectivity index (χ0n) is 14.3. The highest BCUT2D eigenvalue weighted by Gasteiger charge is 2.12. The van der Waals surface area contributed by atoms with Gasteiger partial charge >= 0.3 is 0 Å². The molecule has 0 aliphatic heterocycles. The molecule has 0 bridgehead atoms. The van der Waals surface area contributed by atoms with E-state index in [1.807, 2.05) is 24.3 Å². The van der Waals surface area contributed by atoms with Crippen LogP contribution in [0.1, 0.15) is 50.5 Å². The van der Waals surface area contributed by atoms with Crippen molar-refractivity contribution in [3.63, 3.8) is 0 Å². The summed E-state index contributed by atoms with van der Waals surface area (Å²) in [5.41, 5.74) is 1.09. The van der Waals surface area contributed by atoms with E-state index in [1.54, 1.807) is 7.11 Å². The number of aliphatic hydroxyl groups excluding tert-OH is 1. The van der Waals surface area contributed by atoms with Gasteiger partial charge in [-0.05, 0) is 30.5 Å². The fraction of sp³-hybridized carbons (Fsp3) is 0.684. The second-order valence-corrected chi connectivity index (χ2v) is 6.47. The van der Waals surface area contributed by atoms with Crippen LogP contribution in [0.5, 0.6) is 5.75 Å². The molecule has 1 aliphatic rings. The van der Waals surface area contributed by atoms with E-state index in [0.29, 0.717) is 25.8 Å². The average Bonchev–Trinajstić information content (AvgIpc) is 2.54. The normalized spacial score (nSPS) is 18.2. The minimum atomic E-state index is -0.446. The lowest BCUT2D eigenvalue weighted by Gasteiger charge is -2.22. The van der Waals surface area contributed by atoms with Crippen molar-refractivity contribution in [2.24, 2.45) is 0 Å². The van der Waals surface area contributed by atoms with Gasteiger partial charge in [-0.3, -0.25) is 0 Å². The SMILES string of the molecule is COc1ccc(COC[C@@H](O)CNC2CCCCCCC2)cc1. The molecular weight excluding hydrogens is 290 g/mol. The number of nitrogens with one attached hydrogen (secondary N) is 1. The molecule has 4 heteroatoms. The Labute approximate surface area is 140 Å². The molecule has 1 atom stereocenters. The molecule has 0 saturated heterocycles. The van der Waals surface area contributed by atoms with E-state index in [0.717, 1.165) is 11.3 Å². The lowest BCUT2D eigenvalue weighted by atomic mass is 9.96. The van der Waals surface area contributed by atoms with Crippen molar-refractivity contribution >= 4 is 0 Å². The number of benzene rings is 1. The van der Waals surface area contributed by atoms with Crippen molar-refractivity contribution in [2.45, 2.75) is 63.7 Å². The fourth-order valence-corrected chi connectivity index (χ4v) is 3.06. The number of rotatable bonds is 8. The molecule has 0 spiro atoms. The second kappa shape index (κ2) is 10.6. The largest absolute Gasteiger partial charge is 0.497 e. The van der Waals surface area contributed by atoms with E-state index in [-0.39, 0.29) is 0 Å². The van der Waals surface area contributed by atoms with E-state index >= 15 is 0 Å². The van der Waals surface area contributed by atoms with E-state index < -0.39 is 6.10 Å². The highest BCUT2D eigenvalue weighted by atomic mass is 16.5. The summed E-state index contributed by atoms with van der Waals surface area (Å²) in [5, 5.41) is 13.6. The zero-order chi connectivity index (χ0) is 16.3. The summed E-state index contributed by atoms with van der Waals surface area (Å²) < 4.78 is 10.7. The first-order valence-electron chi connectivity index (χ1n) is 8.90. The highest BCUT2D eigenvalue weighted by molar-refractivity contribution is 5.26. The molecule has 1 saturated carbocycles. The molecule has 23 heavy (non-hydrogen) atoms. The zero-order valence-corrected chi connectivity index (χ0v) is 14.3. The minimum Gasteiger partial charge on any atom is -0.497 e. The standard InChI is InChI=1S/C19H31NO3/c1-22-19-11-9-16(10-12-19)14-23-15-18(21)13-20-17-7-5-3-2-4-6-8-17/h9-12,17-18,20-21H,2-8,13-15H2,1H3/t18-/m0/s1. The maximum atomic E-state index is 10.1. The third-order valence-corrected chi connectivity index (χ3v) is 4.49. The molecule has 1 aromatic carbocycles. The molecule has 0 amide bonds. The molecule has 0 unspecified atom stereocenters. The van der Waals surface area contributed by atoms with Gasteiger partial charge in [0.05, 0.1) is 26.4 Å². The Morgan fingerprint density at radius 3 is 2.39 bits per heavy atom. The van der Waals surface area contributed by atoms with Crippen molar-refractivity contribution in [2.75, 3.05) is 20.3 Å². The quantitative estimate of drug-likeness (QED) is 0.771. The predicted octanol–water partition coefficient (Wildman–Crippen LogP) is 3.28. The molecule has 2 rings (SSSR count). The van der Waals surface area contributed by atoms with Crippen LogP contribution in [0.2, 0.25) is 0 Å². The van der Waals surface area contributed by atoms with E-state index in [1.165, 1.54) is 44.9 Å². The Morgan fingerprint density at radius 1 is 1.09 bits per heavy atom. The van der Waals surface area contributed by atoms with E-state index in [4.69, 9.17) is 9.47 Å². The van der Waals surface area contributed by atoms with Crippen molar-refractivity contribution in [1.82, 2.24) is 5.32 Å². The van der Waals surface area contributed by atoms with Crippen LogP contribution in [0.15, 0.2) is 24.3 Å². The lowest BCUT2D eigenvalue weighted by molar-refractivity contribution is 0.0272. The summed E-state index contributed by atoms with van der Waals surface area (Å²) in [4.78, 5) is 0. The van der Waals surface area contributed by atoms with Crippen molar-refractivity contribution in [3.8, 4) is 5.75 Å². The summed E-state index contributed by atoms with van der Waals surface area (Å²) in [6.45, 7) is 1.50. The summed E-state index contributed by atoms with van der Waals surface area (Å²) in [6, 6.07) is 8.37. The Hall–Kier alpha value is -1.10.